The summed E-state index contributed by atoms with van der Waals surface area (Å²) in [5.41, 5.74) is 0. The van der Waals surface area contributed by atoms with Crippen LogP contribution in [0, 0.1) is 6.92 Å². The predicted octanol–water partition coefficient (Wildman–Crippen LogP) is 1.31. The molecule has 1 aromatic rings. The van der Waals surface area contributed by atoms with E-state index in [0.717, 1.165) is 50.6 Å². The summed E-state index contributed by atoms with van der Waals surface area (Å²) in [5.74, 6) is 0. The van der Waals surface area contributed by atoms with Crippen molar-refractivity contribution < 1.29 is 4.74 Å². The maximum absolute atomic E-state index is 5.81. The van der Waals surface area contributed by atoms with Crippen LogP contribution in [0.2, 0.25) is 0 Å². The lowest BCUT2D eigenvalue weighted by Crippen LogP contribution is -2.33. The van der Waals surface area contributed by atoms with Gasteiger partial charge in [-0.1, -0.05) is 0 Å². The molecule has 1 aliphatic rings. The van der Waals surface area contributed by atoms with Gasteiger partial charge in [-0.3, -0.25) is 0 Å². The molecule has 0 aliphatic carbocycles. The van der Waals surface area contributed by atoms with E-state index >= 15 is 0 Å². The summed E-state index contributed by atoms with van der Waals surface area (Å²) in [6.07, 6.45) is 4.67. The van der Waals surface area contributed by atoms with Crippen molar-refractivity contribution in [1.82, 2.24) is 15.6 Å². The summed E-state index contributed by atoms with van der Waals surface area (Å²) in [6.45, 7) is 6.83. The molecule has 0 radical (unpaired) electrons. The van der Waals surface area contributed by atoms with Gasteiger partial charge in [0.05, 0.1) is 12.7 Å². The molecule has 0 bridgehead atoms. The van der Waals surface area contributed by atoms with Crippen LogP contribution in [0.4, 0.5) is 0 Å². The molecule has 17 heavy (non-hydrogen) atoms. The Labute approximate surface area is 107 Å². The van der Waals surface area contributed by atoms with E-state index in [0.29, 0.717) is 6.10 Å². The zero-order valence-electron chi connectivity index (χ0n) is 10.4. The smallest absolute Gasteiger partial charge is 0.107 e. The van der Waals surface area contributed by atoms with E-state index in [1.807, 2.05) is 6.20 Å². The lowest BCUT2D eigenvalue weighted by atomic mass is 10.1. The zero-order chi connectivity index (χ0) is 11.9. The Balaban J connectivity index is 1.51. The SMILES string of the molecule is Cc1cnc(CNCCOC2CCNCC2)s1. The normalized spacial score (nSPS) is 17.5. The van der Waals surface area contributed by atoms with Crippen molar-refractivity contribution in [3.05, 3.63) is 16.1 Å². The lowest BCUT2D eigenvalue weighted by Gasteiger charge is -2.22. The molecule has 4 nitrogen and oxygen atoms in total. The van der Waals surface area contributed by atoms with Crippen molar-refractivity contribution in [1.29, 1.82) is 0 Å². The molecule has 0 saturated carbocycles. The highest BCUT2D eigenvalue weighted by atomic mass is 32.1. The minimum absolute atomic E-state index is 0.458. The number of aryl methyl sites for hydroxylation is 1. The van der Waals surface area contributed by atoms with Crippen LogP contribution < -0.4 is 10.6 Å². The van der Waals surface area contributed by atoms with Crippen LogP contribution in [0.5, 0.6) is 0 Å². The fourth-order valence-corrected chi connectivity index (χ4v) is 2.70. The summed E-state index contributed by atoms with van der Waals surface area (Å²) in [5, 5.41) is 7.86. The third kappa shape index (κ3) is 4.71. The van der Waals surface area contributed by atoms with Crippen LogP contribution in [-0.2, 0) is 11.3 Å². The van der Waals surface area contributed by atoms with Gasteiger partial charge in [0.1, 0.15) is 5.01 Å². The maximum Gasteiger partial charge on any atom is 0.107 e. The Morgan fingerprint density at radius 2 is 2.35 bits per heavy atom. The molecule has 1 aliphatic heterocycles. The molecule has 2 N–H and O–H groups in total. The average Bonchev–Trinajstić information content (AvgIpc) is 2.76. The standard InChI is InChI=1S/C12H21N3OS/c1-10-8-15-12(17-10)9-14-6-7-16-11-2-4-13-5-3-11/h8,11,13-14H,2-7,9H2,1H3. The first-order valence-electron chi connectivity index (χ1n) is 6.29. The van der Waals surface area contributed by atoms with Gasteiger partial charge >= 0.3 is 0 Å². The Kier molecular flexibility index (Phi) is 5.38. The minimum atomic E-state index is 0.458. The highest BCUT2D eigenvalue weighted by Crippen LogP contribution is 2.10. The van der Waals surface area contributed by atoms with Gasteiger partial charge in [0.25, 0.3) is 0 Å². The van der Waals surface area contributed by atoms with Crippen molar-refractivity contribution in [2.24, 2.45) is 0 Å². The molecule has 0 spiro atoms. The summed E-state index contributed by atoms with van der Waals surface area (Å²) >= 11 is 1.75. The van der Waals surface area contributed by atoms with Gasteiger partial charge in [-0.05, 0) is 32.9 Å². The number of nitrogens with zero attached hydrogens (tertiary/aromatic N) is 1. The van der Waals surface area contributed by atoms with Gasteiger partial charge in [-0.15, -0.1) is 11.3 Å². The molecule has 1 aromatic heterocycles. The second-order valence-electron chi connectivity index (χ2n) is 4.36. The number of aromatic nitrogens is 1. The molecule has 1 saturated heterocycles. The van der Waals surface area contributed by atoms with Crippen LogP contribution in [0.3, 0.4) is 0 Å². The van der Waals surface area contributed by atoms with Crippen LogP contribution >= 0.6 is 11.3 Å². The van der Waals surface area contributed by atoms with E-state index < -0.39 is 0 Å². The highest BCUT2D eigenvalue weighted by Gasteiger charge is 2.12. The number of thiazole rings is 1. The summed E-state index contributed by atoms with van der Waals surface area (Å²) in [6, 6.07) is 0. The van der Waals surface area contributed by atoms with E-state index in [1.54, 1.807) is 11.3 Å². The Bertz CT molecular complexity index is 323. The van der Waals surface area contributed by atoms with E-state index in [9.17, 15) is 0 Å². The maximum atomic E-state index is 5.81. The second-order valence-corrected chi connectivity index (χ2v) is 5.68. The Morgan fingerprint density at radius 3 is 3.06 bits per heavy atom. The van der Waals surface area contributed by atoms with Crippen LogP contribution in [0.1, 0.15) is 22.7 Å². The molecular formula is C12H21N3OS. The number of ether oxygens (including phenoxy) is 1. The van der Waals surface area contributed by atoms with E-state index in [4.69, 9.17) is 4.74 Å². The van der Waals surface area contributed by atoms with Crippen LogP contribution in [-0.4, -0.2) is 37.3 Å². The first-order valence-corrected chi connectivity index (χ1v) is 7.10. The van der Waals surface area contributed by atoms with Gasteiger partial charge in [0.15, 0.2) is 0 Å². The molecule has 5 heteroatoms. The molecule has 0 amide bonds. The topological polar surface area (TPSA) is 46.2 Å². The molecule has 2 rings (SSSR count). The van der Waals surface area contributed by atoms with E-state index in [1.165, 1.54) is 4.88 Å². The predicted molar refractivity (Wildman–Crippen MR) is 70.4 cm³/mol. The number of nitrogens with one attached hydrogen (secondary N) is 2. The molecular weight excluding hydrogens is 234 g/mol. The highest BCUT2D eigenvalue weighted by molar-refractivity contribution is 7.11. The third-order valence-electron chi connectivity index (χ3n) is 2.86. The monoisotopic (exact) mass is 255 g/mol. The number of hydrogen-bond donors (Lipinski definition) is 2. The second kappa shape index (κ2) is 7.06. The van der Waals surface area contributed by atoms with Crippen molar-refractivity contribution in [2.45, 2.75) is 32.4 Å². The molecule has 1 fully saturated rings. The molecule has 0 aromatic carbocycles. The van der Waals surface area contributed by atoms with E-state index in [-0.39, 0.29) is 0 Å². The summed E-state index contributed by atoms with van der Waals surface area (Å²) < 4.78 is 5.81. The van der Waals surface area contributed by atoms with Crippen molar-refractivity contribution in [3.8, 4) is 0 Å². The van der Waals surface area contributed by atoms with Crippen molar-refractivity contribution in [3.63, 3.8) is 0 Å². The summed E-state index contributed by atoms with van der Waals surface area (Å²) in [4.78, 5) is 5.58. The quantitative estimate of drug-likeness (QED) is 0.752. The molecule has 96 valence electrons. The zero-order valence-corrected chi connectivity index (χ0v) is 11.2. The first-order chi connectivity index (χ1) is 8.34. The lowest BCUT2D eigenvalue weighted by molar-refractivity contribution is 0.0347. The van der Waals surface area contributed by atoms with Crippen molar-refractivity contribution in [2.75, 3.05) is 26.2 Å². The average molecular weight is 255 g/mol. The van der Waals surface area contributed by atoms with Gasteiger partial charge in [-0.25, -0.2) is 4.98 Å². The largest absolute Gasteiger partial charge is 0.377 e. The fourth-order valence-electron chi connectivity index (χ4n) is 1.94. The Hall–Kier alpha value is -0.490. The van der Waals surface area contributed by atoms with Crippen LogP contribution in [0.25, 0.3) is 0 Å². The van der Waals surface area contributed by atoms with Gasteiger partial charge < -0.3 is 15.4 Å². The molecule has 0 unspecified atom stereocenters. The summed E-state index contributed by atoms with van der Waals surface area (Å²) in [7, 11) is 0. The Morgan fingerprint density at radius 1 is 1.53 bits per heavy atom. The minimum Gasteiger partial charge on any atom is -0.377 e. The number of hydrogen-bond acceptors (Lipinski definition) is 5. The number of piperidine rings is 1. The van der Waals surface area contributed by atoms with Crippen molar-refractivity contribution >= 4 is 11.3 Å². The van der Waals surface area contributed by atoms with Crippen LogP contribution in [0.15, 0.2) is 6.20 Å². The first kappa shape index (κ1) is 13.0. The van der Waals surface area contributed by atoms with Gasteiger partial charge in [0, 0.05) is 24.2 Å². The van der Waals surface area contributed by atoms with E-state index in [2.05, 4.69) is 22.5 Å². The number of rotatable bonds is 6. The molecule has 2 heterocycles. The molecule has 0 atom stereocenters. The van der Waals surface area contributed by atoms with Gasteiger partial charge in [0.2, 0.25) is 0 Å². The third-order valence-corrected chi connectivity index (χ3v) is 3.78. The fraction of sp³-hybridized carbons (Fsp3) is 0.750. The van der Waals surface area contributed by atoms with Gasteiger partial charge in [-0.2, -0.15) is 0 Å².